The number of benzene rings is 4. The van der Waals surface area contributed by atoms with E-state index in [0.717, 1.165) is 8.95 Å². The molecule has 18 heteroatoms. The Morgan fingerprint density at radius 2 is 1.08 bits per heavy atom. The van der Waals surface area contributed by atoms with Crippen LogP contribution in [0.5, 0.6) is 11.5 Å². The third-order valence-corrected chi connectivity index (χ3v) is 11.5. The molecule has 6 rings (SSSR count). The van der Waals surface area contributed by atoms with E-state index < -0.39 is 47.3 Å². The number of rotatable bonds is 14. The fourth-order valence-electron chi connectivity index (χ4n) is 7.06. The topological polar surface area (TPSA) is 195 Å². The summed E-state index contributed by atoms with van der Waals surface area (Å²) in [5.41, 5.74) is 3.47. The largest absolute Gasteiger partial charge is 0.494 e. The maximum Gasteiger partial charge on any atom is 0.308 e. The van der Waals surface area contributed by atoms with E-state index in [9.17, 15) is 37.5 Å². The van der Waals surface area contributed by atoms with Crippen molar-refractivity contribution in [2.75, 3.05) is 20.8 Å². The number of aromatic nitrogens is 2. The predicted octanol–water partition coefficient (Wildman–Crippen LogP) is 8.00. The molecule has 2 atom stereocenters. The molecule has 0 radical (unpaired) electrons. The number of carboxylic acid groups (broad SMARTS) is 2. The number of carboxylic acids is 2. The minimum absolute atomic E-state index is 0.00750. The number of hydrogen-bond donors (Lipinski definition) is 4. The van der Waals surface area contributed by atoms with Crippen molar-refractivity contribution >= 4 is 89.2 Å². The van der Waals surface area contributed by atoms with Crippen molar-refractivity contribution in [1.29, 1.82) is 0 Å². The summed E-state index contributed by atoms with van der Waals surface area (Å²) in [4.78, 5) is 73.6. The Hall–Kier alpha value is -6.40. The highest BCUT2D eigenvalue weighted by molar-refractivity contribution is 9.10. The number of halogens is 4. The van der Waals surface area contributed by atoms with Gasteiger partial charge in [-0.1, -0.05) is 38.8 Å². The molecule has 0 saturated carbocycles. The van der Waals surface area contributed by atoms with E-state index in [2.05, 4.69) is 42.5 Å². The second-order valence-corrected chi connectivity index (χ2v) is 16.7. The van der Waals surface area contributed by atoms with Crippen LogP contribution in [0, 0.1) is 31.4 Å². The number of amides is 2. The van der Waals surface area contributed by atoms with Crippen LogP contribution in [-0.4, -0.2) is 81.7 Å². The van der Waals surface area contributed by atoms with Crippen molar-refractivity contribution in [1.82, 2.24) is 19.8 Å². The summed E-state index contributed by atoms with van der Waals surface area (Å²) in [6, 6.07) is 18.3. The molecule has 0 bridgehead atoms. The van der Waals surface area contributed by atoms with Gasteiger partial charge in [-0.2, -0.15) is 0 Å². The number of ether oxygens (including phenoxy) is 2. The highest BCUT2D eigenvalue weighted by Crippen LogP contribution is 2.34. The Labute approximate surface area is 382 Å². The first-order chi connectivity index (χ1) is 30.2. The van der Waals surface area contributed by atoms with Gasteiger partial charge < -0.3 is 30.3 Å². The van der Waals surface area contributed by atoms with Crippen molar-refractivity contribution in [3.05, 3.63) is 127 Å². The predicted molar refractivity (Wildman–Crippen MR) is 241 cm³/mol. The van der Waals surface area contributed by atoms with Gasteiger partial charge in [0.1, 0.15) is 0 Å². The molecular formula is C46H44Br2F2N4O10. The van der Waals surface area contributed by atoms with Crippen LogP contribution in [0.1, 0.15) is 63.5 Å². The molecule has 14 nitrogen and oxygen atoms in total. The maximum atomic E-state index is 14.5. The number of carbonyl (C=O) groups excluding carboxylic acids is 4. The highest BCUT2D eigenvalue weighted by Gasteiger charge is 2.26. The lowest BCUT2D eigenvalue weighted by atomic mass is 10.1. The molecule has 0 aliphatic carbocycles. The quantitative estimate of drug-likeness (QED) is 0.0831. The number of hydrogen-bond acceptors (Lipinski definition) is 8. The summed E-state index contributed by atoms with van der Waals surface area (Å²) in [6.07, 6.45) is -0.431. The SMILES string of the molecule is COc1cc2c(CC(=O)NC(C)CC(=O)O)c(C)n(C(=O)c3ccc(Br)cc3)c2cc1F.COc1cc2c(CC(=O)NCC(C)C(=O)O)c(C)n(C(=O)c3ccc(Br)cc3)c2cc1F. The van der Waals surface area contributed by atoms with Gasteiger partial charge in [-0.05, 0) is 92.6 Å². The van der Waals surface area contributed by atoms with Crippen LogP contribution in [-0.2, 0) is 32.0 Å². The molecule has 2 aromatic heterocycles. The molecule has 0 spiro atoms. The summed E-state index contributed by atoms with van der Waals surface area (Å²) in [6.45, 7) is 6.43. The Morgan fingerprint density at radius 3 is 1.45 bits per heavy atom. The first-order valence-corrected chi connectivity index (χ1v) is 21.2. The van der Waals surface area contributed by atoms with Gasteiger partial charge in [0.25, 0.3) is 11.8 Å². The standard InChI is InChI=1S/2C23H22BrFN2O5/c1-12(23(30)31)11-26-21(28)9-16-13(2)27(22(29)14-4-6-15(24)7-5-14)19-10-18(25)20(32-3)8-17(16)19;1-12(8-22(29)30)26-21(28)10-16-13(2)27(23(31)14-4-6-15(24)7-5-14)19-11-18(25)20(32-3)9-17(16)19/h4-8,10,12H,9,11H2,1-3H3,(H,26,28)(H,30,31);4-7,9,11-12H,8,10H2,1-3H3,(H,26,28)(H,29,30). The summed E-state index contributed by atoms with van der Waals surface area (Å²) in [5.74, 6) is -5.59. The normalized spacial score (nSPS) is 11.9. The summed E-state index contributed by atoms with van der Waals surface area (Å²) < 4.78 is 43.6. The lowest BCUT2D eigenvalue weighted by Gasteiger charge is -2.12. The molecular weight excluding hydrogens is 966 g/mol. The van der Waals surface area contributed by atoms with E-state index in [-0.39, 0.29) is 49.1 Å². The minimum Gasteiger partial charge on any atom is -0.494 e. The van der Waals surface area contributed by atoms with E-state index in [4.69, 9.17) is 19.7 Å². The molecule has 4 aromatic carbocycles. The van der Waals surface area contributed by atoms with Crippen molar-refractivity contribution in [2.45, 2.75) is 53.0 Å². The van der Waals surface area contributed by atoms with Gasteiger partial charge in [0.2, 0.25) is 11.8 Å². The van der Waals surface area contributed by atoms with Gasteiger partial charge >= 0.3 is 11.9 Å². The lowest BCUT2D eigenvalue weighted by molar-refractivity contribution is -0.141. The minimum atomic E-state index is -1.02. The maximum absolute atomic E-state index is 14.5. The van der Waals surface area contributed by atoms with Gasteiger partial charge in [0.05, 0.1) is 50.4 Å². The monoisotopic (exact) mass is 1010 g/mol. The van der Waals surface area contributed by atoms with Gasteiger partial charge in [0, 0.05) is 67.0 Å². The smallest absolute Gasteiger partial charge is 0.308 e. The Kier molecular flexibility index (Phi) is 15.8. The zero-order valence-electron chi connectivity index (χ0n) is 35.5. The first-order valence-electron chi connectivity index (χ1n) is 19.6. The fraction of sp³-hybridized carbons (Fsp3) is 0.261. The molecule has 336 valence electrons. The Morgan fingerprint density at radius 1 is 0.672 bits per heavy atom. The van der Waals surface area contributed by atoms with Crippen LogP contribution in [0.2, 0.25) is 0 Å². The molecule has 0 fully saturated rings. The third kappa shape index (κ3) is 11.0. The number of nitrogens with one attached hydrogen (secondary N) is 2. The summed E-state index contributed by atoms with van der Waals surface area (Å²) in [5, 5.41) is 24.2. The lowest BCUT2D eigenvalue weighted by Crippen LogP contribution is -2.35. The average molecular weight is 1010 g/mol. The highest BCUT2D eigenvalue weighted by atomic mass is 79.9. The van der Waals surface area contributed by atoms with Gasteiger partial charge in [0.15, 0.2) is 23.1 Å². The molecule has 2 amide bonds. The van der Waals surface area contributed by atoms with E-state index >= 15 is 0 Å². The van der Waals surface area contributed by atoms with Crippen LogP contribution in [0.4, 0.5) is 8.78 Å². The molecule has 0 aliphatic heterocycles. The van der Waals surface area contributed by atoms with E-state index in [1.165, 1.54) is 54.5 Å². The number of carbonyl (C=O) groups is 6. The zero-order valence-corrected chi connectivity index (χ0v) is 38.7. The van der Waals surface area contributed by atoms with Crippen LogP contribution >= 0.6 is 31.9 Å². The first kappa shape index (κ1) is 48.6. The molecule has 0 saturated heterocycles. The average Bonchev–Trinajstić information content (AvgIpc) is 3.65. The molecule has 64 heavy (non-hydrogen) atoms. The van der Waals surface area contributed by atoms with Crippen molar-refractivity contribution in [3.8, 4) is 11.5 Å². The van der Waals surface area contributed by atoms with Crippen molar-refractivity contribution in [3.63, 3.8) is 0 Å². The molecule has 2 heterocycles. The second kappa shape index (κ2) is 20.9. The fourth-order valence-corrected chi connectivity index (χ4v) is 7.59. The summed E-state index contributed by atoms with van der Waals surface area (Å²) in [7, 11) is 2.67. The molecule has 4 N–H and O–H groups in total. The van der Waals surface area contributed by atoms with E-state index in [1.807, 2.05) is 0 Å². The Bertz CT molecular complexity index is 2790. The van der Waals surface area contributed by atoms with Crippen molar-refractivity contribution < 1.29 is 57.2 Å². The molecule has 6 aromatic rings. The van der Waals surface area contributed by atoms with E-state index in [1.54, 1.807) is 69.3 Å². The van der Waals surface area contributed by atoms with E-state index in [0.29, 0.717) is 55.4 Å². The third-order valence-electron chi connectivity index (χ3n) is 10.4. The zero-order chi connectivity index (χ0) is 47.2. The number of methoxy groups -OCH3 is 2. The number of nitrogens with zero attached hydrogens (tertiary/aromatic N) is 2. The second-order valence-electron chi connectivity index (χ2n) is 14.9. The van der Waals surface area contributed by atoms with Gasteiger partial charge in [-0.15, -0.1) is 0 Å². The molecule has 0 aliphatic rings. The summed E-state index contributed by atoms with van der Waals surface area (Å²) >= 11 is 6.67. The molecule has 2 unspecified atom stereocenters. The van der Waals surface area contributed by atoms with Gasteiger partial charge in [-0.3, -0.25) is 37.9 Å². The number of aliphatic carboxylic acids is 2. The van der Waals surface area contributed by atoms with Crippen LogP contribution in [0.15, 0.2) is 81.7 Å². The van der Waals surface area contributed by atoms with Crippen LogP contribution in [0.3, 0.4) is 0 Å². The van der Waals surface area contributed by atoms with Gasteiger partial charge in [-0.25, -0.2) is 8.78 Å². The van der Waals surface area contributed by atoms with Crippen LogP contribution in [0.25, 0.3) is 21.8 Å². The Balaban J connectivity index is 0.000000241. The van der Waals surface area contributed by atoms with Crippen molar-refractivity contribution in [2.24, 2.45) is 5.92 Å². The van der Waals surface area contributed by atoms with Crippen LogP contribution < -0.4 is 20.1 Å². The number of fused-ring (bicyclic) bond motifs is 2.